The molecule has 5 heteroatoms. The molecule has 0 spiro atoms. The molecule has 1 aliphatic heterocycles. The first-order valence-electron chi connectivity index (χ1n) is 15.1. The Labute approximate surface area is 260 Å². The van der Waals surface area contributed by atoms with Gasteiger partial charge in [0.15, 0.2) is 13.4 Å². The summed E-state index contributed by atoms with van der Waals surface area (Å²) in [5, 5.41) is 1.56. The number of ether oxygens (including phenoxy) is 3. The molecule has 44 heavy (non-hydrogen) atoms. The minimum atomic E-state index is -3.25. The zero-order chi connectivity index (χ0) is 30.2. The van der Waals surface area contributed by atoms with E-state index in [0.29, 0.717) is 6.61 Å². The molecule has 4 nitrogen and oxygen atoms in total. The molecule has 0 aromatic heterocycles. The van der Waals surface area contributed by atoms with Crippen molar-refractivity contribution in [3.63, 3.8) is 0 Å². The molecule has 0 saturated carbocycles. The molecule has 0 amide bonds. The summed E-state index contributed by atoms with van der Waals surface area (Å²) in [6, 6.07) is 50.3. The zero-order valence-corrected chi connectivity index (χ0v) is 25.7. The van der Waals surface area contributed by atoms with E-state index < -0.39 is 30.8 Å². The first kappa shape index (κ1) is 30.0. The Morgan fingerprint density at radius 1 is 0.614 bits per heavy atom. The third kappa shape index (κ3) is 5.87. The van der Waals surface area contributed by atoms with Crippen molar-refractivity contribution in [1.82, 2.24) is 0 Å². The lowest BCUT2D eigenvalue weighted by molar-refractivity contribution is -0.167. The highest BCUT2D eigenvalue weighted by molar-refractivity contribution is 7.79. The van der Waals surface area contributed by atoms with Crippen LogP contribution >= 0.6 is 7.14 Å². The van der Waals surface area contributed by atoms with Crippen LogP contribution in [-0.4, -0.2) is 31.3 Å². The minimum absolute atomic E-state index is 0.168. The van der Waals surface area contributed by atoms with Crippen LogP contribution in [0.25, 0.3) is 0 Å². The van der Waals surface area contributed by atoms with Gasteiger partial charge in [0, 0.05) is 17.2 Å². The molecule has 5 aromatic rings. The van der Waals surface area contributed by atoms with Crippen molar-refractivity contribution in [2.75, 3.05) is 13.2 Å². The number of hydrogen-bond donors (Lipinski definition) is 0. The predicted octanol–water partition coefficient (Wildman–Crippen LogP) is 7.70. The van der Waals surface area contributed by atoms with Gasteiger partial charge in [-0.2, -0.15) is 0 Å². The molecule has 5 aromatic carbocycles. The van der Waals surface area contributed by atoms with Gasteiger partial charge in [-0.25, -0.2) is 0 Å². The molecule has 0 unspecified atom stereocenters. The van der Waals surface area contributed by atoms with Gasteiger partial charge in [0.25, 0.3) is 0 Å². The van der Waals surface area contributed by atoms with Crippen molar-refractivity contribution in [3.8, 4) is 0 Å². The van der Waals surface area contributed by atoms with Crippen molar-refractivity contribution in [3.05, 3.63) is 181 Å². The Kier molecular flexibility index (Phi) is 9.35. The molecule has 6 rings (SSSR count). The fraction of sp³-hybridized carbons (Fsp3) is 0.179. The Bertz CT molecular complexity index is 1540. The molecular formula is C39H37O4P. The smallest absolute Gasteiger partial charge is 0.177 e. The van der Waals surface area contributed by atoms with E-state index in [4.69, 9.17) is 14.2 Å². The van der Waals surface area contributed by atoms with E-state index in [-0.39, 0.29) is 6.61 Å². The molecule has 0 bridgehead atoms. The monoisotopic (exact) mass is 600 g/mol. The Morgan fingerprint density at radius 3 is 1.43 bits per heavy atom. The van der Waals surface area contributed by atoms with Crippen molar-refractivity contribution in [2.45, 2.75) is 30.6 Å². The topological polar surface area (TPSA) is 44.8 Å². The summed E-state index contributed by atoms with van der Waals surface area (Å²) in [5.41, 5.74) is 1.57. The molecule has 0 saturated heterocycles. The second-order valence-electron chi connectivity index (χ2n) is 10.8. The van der Waals surface area contributed by atoms with E-state index in [9.17, 15) is 0 Å². The van der Waals surface area contributed by atoms with E-state index in [1.807, 2.05) is 134 Å². The molecule has 3 atom stereocenters. The molecule has 1 aliphatic rings. The third-order valence-electron chi connectivity index (χ3n) is 8.19. The Balaban J connectivity index is 1.48. The first-order valence-corrected chi connectivity index (χ1v) is 16.9. The van der Waals surface area contributed by atoms with E-state index in [1.165, 1.54) is 0 Å². The van der Waals surface area contributed by atoms with Crippen LogP contribution in [0.3, 0.4) is 0 Å². The fourth-order valence-electron chi connectivity index (χ4n) is 6.15. The van der Waals surface area contributed by atoms with Gasteiger partial charge in [-0.15, -0.1) is 0 Å². The van der Waals surface area contributed by atoms with Crippen molar-refractivity contribution < 1.29 is 18.8 Å². The lowest BCUT2D eigenvalue weighted by atomic mass is 9.80. The molecule has 1 heterocycles. The highest BCUT2D eigenvalue weighted by atomic mass is 31.2. The highest BCUT2D eigenvalue weighted by Crippen LogP contribution is 2.53. The number of rotatable bonds is 11. The maximum absolute atomic E-state index is 15.6. The normalized spacial score (nSPS) is 18.6. The Morgan fingerprint density at radius 2 is 1.02 bits per heavy atom. The summed E-state index contributed by atoms with van der Waals surface area (Å²) < 4.78 is 35.3. The average molecular weight is 601 g/mol. The summed E-state index contributed by atoms with van der Waals surface area (Å²) in [6.07, 6.45) is 2.78. The average Bonchev–Trinajstić information content (AvgIpc) is 3.11. The summed E-state index contributed by atoms with van der Waals surface area (Å²) >= 11 is 0. The third-order valence-corrected chi connectivity index (χ3v) is 11.7. The quantitative estimate of drug-likeness (QED) is 0.0886. The first-order chi connectivity index (χ1) is 21.7. The summed E-state index contributed by atoms with van der Waals surface area (Å²) in [5.74, 6) is 0. The molecule has 0 radical (unpaired) electrons. The SMILES string of the molecule is CCO[C@@H]1C=C[C@H](P(=O)(c2ccccc2)c2ccccc2)[C@@H](COC(c2ccccc2)(c2ccccc2)c2ccccc2)O1. The van der Waals surface area contributed by atoms with Gasteiger partial charge >= 0.3 is 0 Å². The Hall–Kier alpha value is -4.05. The number of benzene rings is 5. The van der Waals surface area contributed by atoms with Crippen molar-refractivity contribution in [2.24, 2.45) is 0 Å². The molecular weight excluding hydrogens is 563 g/mol. The van der Waals surface area contributed by atoms with Crippen LogP contribution in [0.5, 0.6) is 0 Å². The van der Waals surface area contributed by atoms with Gasteiger partial charge in [0.05, 0.1) is 18.4 Å². The maximum Gasteiger partial charge on any atom is 0.177 e. The standard InChI is InChI=1S/C39H37O4P/c1-2-41-38-29-28-37(44(40,34-24-14-6-15-25-34)35-26-16-7-17-27-35)36(43-38)30-42-39(31-18-8-3-9-19-31,32-20-10-4-11-21-32)33-22-12-5-13-23-33/h3-29,36-38H,2,30H2,1H3/t36-,37+,38+/m1/s1. The van der Waals surface area contributed by atoms with Crippen LogP contribution in [0.15, 0.2) is 164 Å². The maximum atomic E-state index is 15.6. The summed E-state index contributed by atoms with van der Waals surface area (Å²) in [4.78, 5) is 0. The molecule has 0 aliphatic carbocycles. The van der Waals surface area contributed by atoms with Crippen LogP contribution < -0.4 is 10.6 Å². The van der Waals surface area contributed by atoms with Crippen molar-refractivity contribution >= 4 is 17.8 Å². The highest BCUT2D eigenvalue weighted by Gasteiger charge is 2.45. The predicted molar refractivity (Wildman–Crippen MR) is 178 cm³/mol. The fourth-order valence-corrected chi connectivity index (χ4v) is 9.33. The molecule has 222 valence electrons. The van der Waals surface area contributed by atoms with Crippen LogP contribution in [0, 0.1) is 0 Å². The second kappa shape index (κ2) is 13.7. The molecule has 0 N–H and O–H groups in total. The number of hydrogen-bond acceptors (Lipinski definition) is 4. The summed E-state index contributed by atoms with van der Waals surface area (Å²) in [7, 11) is -3.25. The van der Waals surface area contributed by atoms with Crippen LogP contribution in [0.2, 0.25) is 0 Å². The lowest BCUT2D eigenvalue weighted by Crippen LogP contribution is -2.45. The van der Waals surface area contributed by atoms with Crippen molar-refractivity contribution in [1.29, 1.82) is 0 Å². The van der Waals surface area contributed by atoms with E-state index in [1.54, 1.807) is 0 Å². The largest absolute Gasteiger partial charge is 0.358 e. The van der Waals surface area contributed by atoms with E-state index in [0.717, 1.165) is 27.3 Å². The zero-order valence-electron chi connectivity index (χ0n) is 24.8. The van der Waals surface area contributed by atoms with Crippen LogP contribution in [0.1, 0.15) is 23.6 Å². The van der Waals surface area contributed by atoms with Gasteiger partial charge in [0.1, 0.15) is 5.60 Å². The van der Waals surface area contributed by atoms with Gasteiger partial charge in [0.2, 0.25) is 0 Å². The van der Waals surface area contributed by atoms with E-state index in [2.05, 4.69) is 36.4 Å². The summed E-state index contributed by atoms with van der Waals surface area (Å²) in [6.45, 7) is 2.60. The van der Waals surface area contributed by atoms with Gasteiger partial charge in [-0.1, -0.05) is 158 Å². The van der Waals surface area contributed by atoms with Crippen LogP contribution in [-0.2, 0) is 24.4 Å². The lowest BCUT2D eigenvalue weighted by Gasteiger charge is -2.41. The second-order valence-corrected chi connectivity index (χ2v) is 13.7. The van der Waals surface area contributed by atoms with E-state index >= 15 is 4.57 Å². The van der Waals surface area contributed by atoms with Gasteiger partial charge < -0.3 is 18.8 Å². The molecule has 0 fully saturated rings. The van der Waals surface area contributed by atoms with Gasteiger partial charge in [-0.05, 0) is 29.7 Å². The minimum Gasteiger partial charge on any atom is -0.358 e. The van der Waals surface area contributed by atoms with Crippen LogP contribution in [0.4, 0.5) is 0 Å². The van der Waals surface area contributed by atoms with Gasteiger partial charge in [-0.3, -0.25) is 0 Å².